The van der Waals surface area contributed by atoms with Gasteiger partial charge in [0.2, 0.25) is 5.89 Å². The molecular weight excluding hydrogens is 392 g/mol. The first-order valence-electron chi connectivity index (χ1n) is 8.83. The highest BCUT2D eigenvalue weighted by molar-refractivity contribution is 7.92. The van der Waals surface area contributed by atoms with Crippen LogP contribution in [0.5, 0.6) is 0 Å². The summed E-state index contributed by atoms with van der Waals surface area (Å²) < 4.78 is 32.4. The highest BCUT2D eigenvalue weighted by atomic mass is 35.5. The molecule has 2 aromatic rings. The maximum absolute atomic E-state index is 13.3. The number of sulfone groups is 1. The molecule has 1 saturated carbocycles. The van der Waals surface area contributed by atoms with E-state index in [1.807, 2.05) is 20.8 Å². The third-order valence-corrected chi connectivity index (χ3v) is 7.58. The lowest BCUT2D eigenvalue weighted by Crippen LogP contribution is -2.39. The van der Waals surface area contributed by atoms with Crippen LogP contribution in [0.15, 0.2) is 21.4 Å². The lowest BCUT2D eigenvalue weighted by molar-refractivity contribution is 0.186. The number of carboxylic acid groups (broad SMARTS) is 1. The van der Waals surface area contributed by atoms with Crippen molar-refractivity contribution in [3.05, 3.63) is 23.0 Å². The number of halogens is 1. The van der Waals surface area contributed by atoms with Gasteiger partial charge in [0, 0.05) is 11.5 Å². The highest BCUT2D eigenvalue weighted by Crippen LogP contribution is 2.38. The van der Waals surface area contributed by atoms with Crippen molar-refractivity contribution in [3.8, 4) is 0 Å². The van der Waals surface area contributed by atoms with E-state index < -0.39 is 21.2 Å². The minimum Gasteiger partial charge on any atom is -0.465 e. The van der Waals surface area contributed by atoms with Gasteiger partial charge in [0.15, 0.2) is 15.4 Å². The SMILES string of the molecule is CC(C)(C)c1nc2ccc(Cl)c(S(=O)(=O)[C@H]3CC[C@H](NC(=O)O)CC3)c2o1. The van der Waals surface area contributed by atoms with E-state index in [0.717, 1.165) is 0 Å². The van der Waals surface area contributed by atoms with Gasteiger partial charge in [-0.3, -0.25) is 0 Å². The molecule has 7 nitrogen and oxygen atoms in total. The number of hydrogen-bond acceptors (Lipinski definition) is 5. The number of fused-ring (bicyclic) bond motifs is 1. The van der Waals surface area contributed by atoms with Crippen molar-refractivity contribution >= 4 is 38.6 Å². The second kappa shape index (κ2) is 6.98. The largest absolute Gasteiger partial charge is 0.465 e. The molecule has 2 N–H and O–H groups in total. The first-order chi connectivity index (χ1) is 12.5. The first-order valence-corrected chi connectivity index (χ1v) is 10.8. The standard InChI is InChI=1S/C18H23ClN2O5S/c1-18(2,3)16-21-13-9-8-12(19)15(14(13)26-16)27(24,25)11-6-4-10(5-7-11)20-17(22)23/h8-11,20H,4-7H2,1-3H3,(H,22,23)/t10-,11-. The monoisotopic (exact) mass is 414 g/mol. The van der Waals surface area contributed by atoms with E-state index in [1.54, 1.807) is 6.07 Å². The fraction of sp³-hybridized carbons (Fsp3) is 0.556. The molecule has 1 heterocycles. The van der Waals surface area contributed by atoms with Crippen molar-refractivity contribution in [2.24, 2.45) is 0 Å². The van der Waals surface area contributed by atoms with Crippen LogP contribution in [0, 0.1) is 0 Å². The predicted octanol–water partition coefficient (Wildman–Crippen LogP) is 4.13. The van der Waals surface area contributed by atoms with E-state index in [2.05, 4.69) is 10.3 Å². The Hall–Kier alpha value is -1.80. The molecule has 1 amide bonds. The molecule has 148 valence electrons. The average Bonchev–Trinajstić information content (AvgIpc) is 2.98. The van der Waals surface area contributed by atoms with Gasteiger partial charge in [0.1, 0.15) is 10.4 Å². The van der Waals surface area contributed by atoms with Gasteiger partial charge >= 0.3 is 6.09 Å². The number of benzene rings is 1. The summed E-state index contributed by atoms with van der Waals surface area (Å²) in [5.74, 6) is 0.450. The lowest BCUT2D eigenvalue weighted by Gasteiger charge is -2.28. The van der Waals surface area contributed by atoms with Crippen molar-refractivity contribution < 1.29 is 22.7 Å². The third kappa shape index (κ3) is 3.91. The van der Waals surface area contributed by atoms with E-state index in [4.69, 9.17) is 21.1 Å². The smallest absolute Gasteiger partial charge is 0.404 e. The summed E-state index contributed by atoms with van der Waals surface area (Å²) in [6, 6.07) is 2.96. The molecule has 1 aromatic heterocycles. The van der Waals surface area contributed by atoms with Crippen molar-refractivity contribution in [1.29, 1.82) is 0 Å². The molecule has 1 fully saturated rings. The van der Waals surface area contributed by atoms with E-state index in [1.165, 1.54) is 6.07 Å². The van der Waals surface area contributed by atoms with Crippen LogP contribution in [0.1, 0.15) is 52.3 Å². The van der Waals surface area contributed by atoms with Crippen LogP contribution in [-0.4, -0.2) is 35.9 Å². The Bertz CT molecular complexity index is 970. The number of hydrogen-bond donors (Lipinski definition) is 2. The molecule has 9 heteroatoms. The normalized spacial score (nSPS) is 21.3. The molecule has 0 bridgehead atoms. The number of nitrogens with zero attached hydrogens (tertiary/aromatic N) is 1. The van der Waals surface area contributed by atoms with E-state index >= 15 is 0 Å². The third-order valence-electron chi connectivity index (χ3n) is 4.83. The Morgan fingerprint density at radius 1 is 1.26 bits per heavy atom. The minimum atomic E-state index is -3.74. The fourth-order valence-corrected chi connectivity index (χ4v) is 5.83. The van der Waals surface area contributed by atoms with Crippen LogP contribution in [0.2, 0.25) is 5.02 Å². The molecule has 0 atom stereocenters. The van der Waals surface area contributed by atoms with E-state index in [9.17, 15) is 13.2 Å². The number of aromatic nitrogens is 1. The predicted molar refractivity (Wildman–Crippen MR) is 102 cm³/mol. The molecule has 3 rings (SSSR count). The molecule has 1 aliphatic rings. The van der Waals surface area contributed by atoms with Crippen LogP contribution in [0.4, 0.5) is 4.79 Å². The molecule has 0 aliphatic heterocycles. The average molecular weight is 415 g/mol. The second-order valence-electron chi connectivity index (χ2n) is 7.96. The van der Waals surface area contributed by atoms with Crippen molar-refractivity contribution in [3.63, 3.8) is 0 Å². The second-order valence-corrected chi connectivity index (χ2v) is 10.5. The molecule has 1 aliphatic carbocycles. The molecule has 0 radical (unpaired) electrons. The van der Waals surface area contributed by atoms with Gasteiger partial charge in [-0.2, -0.15) is 0 Å². The summed E-state index contributed by atoms with van der Waals surface area (Å²) in [6.07, 6.45) is 0.562. The van der Waals surface area contributed by atoms with Crippen LogP contribution in [-0.2, 0) is 15.3 Å². The Labute approximate surface area is 163 Å². The van der Waals surface area contributed by atoms with Crippen LogP contribution in [0.3, 0.4) is 0 Å². The molecule has 0 spiro atoms. The Kier molecular flexibility index (Phi) is 5.16. The zero-order chi connectivity index (χ0) is 20.0. The number of rotatable bonds is 3. The fourth-order valence-electron chi connectivity index (χ4n) is 3.39. The summed E-state index contributed by atoms with van der Waals surface area (Å²) in [5, 5.41) is 10.7. The summed E-state index contributed by atoms with van der Waals surface area (Å²) in [6.45, 7) is 5.80. The van der Waals surface area contributed by atoms with Gasteiger partial charge in [-0.25, -0.2) is 18.2 Å². The highest BCUT2D eigenvalue weighted by Gasteiger charge is 2.36. The van der Waals surface area contributed by atoms with Crippen molar-refractivity contribution in [1.82, 2.24) is 10.3 Å². The zero-order valence-corrected chi connectivity index (χ0v) is 17.0. The van der Waals surface area contributed by atoms with Gasteiger partial charge in [-0.05, 0) is 37.8 Å². The first kappa shape index (κ1) is 19.9. The number of oxazole rings is 1. The quantitative estimate of drug-likeness (QED) is 0.781. The number of carbonyl (C=O) groups is 1. The Morgan fingerprint density at radius 2 is 1.89 bits per heavy atom. The molecule has 1 aromatic carbocycles. The summed E-state index contributed by atoms with van der Waals surface area (Å²) in [5.41, 5.74) is 0.287. The molecule has 27 heavy (non-hydrogen) atoms. The van der Waals surface area contributed by atoms with Gasteiger partial charge in [0.25, 0.3) is 0 Å². The minimum absolute atomic E-state index is 0.0145. The van der Waals surface area contributed by atoms with Crippen LogP contribution < -0.4 is 5.32 Å². The van der Waals surface area contributed by atoms with Gasteiger partial charge in [-0.1, -0.05) is 32.4 Å². The maximum Gasteiger partial charge on any atom is 0.404 e. The van der Waals surface area contributed by atoms with E-state index in [-0.39, 0.29) is 27.0 Å². The summed E-state index contributed by atoms with van der Waals surface area (Å²) in [7, 11) is -3.74. The summed E-state index contributed by atoms with van der Waals surface area (Å²) in [4.78, 5) is 15.2. The van der Waals surface area contributed by atoms with Crippen molar-refractivity contribution in [2.75, 3.05) is 0 Å². The van der Waals surface area contributed by atoms with Crippen molar-refractivity contribution in [2.45, 2.75) is 68.1 Å². The number of amides is 1. The Balaban J connectivity index is 1.97. The van der Waals surface area contributed by atoms with E-state index in [0.29, 0.717) is 37.1 Å². The lowest BCUT2D eigenvalue weighted by atomic mass is 9.95. The van der Waals surface area contributed by atoms with Gasteiger partial charge in [0.05, 0.1) is 10.3 Å². The van der Waals surface area contributed by atoms with Crippen LogP contribution in [0.25, 0.3) is 11.1 Å². The number of nitrogens with one attached hydrogen (secondary N) is 1. The zero-order valence-electron chi connectivity index (χ0n) is 15.5. The summed E-state index contributed by atoms with van der Waals surface area (Å²) >= 11 is 6.27. The van der Waals surface area contributed by atoms with Crippen LogP contribution >= 0.6 is 11.6 Å². The maximum atomic E-state index is 13.3. The topological polar surface area (TPSA) is 110 Å². The molecule has 0 unspecified atom stereocenters. The molecular formula is C18H23ClN2O5S. The van der Waals surface area contributed by atoms with Gasteiger partial charge in [-0.15, -0.1) is 0 Å². The van der Waals surface area contributed by atoms with Gasteiger partial charge < -0.3 is 14.8 Å². The Morgan fingerprint density at radius 3 is 2.44 bits per heavy atom. The molecule has 0 saturated heterocycles.